The first-order valence-corrected chi connectivity index (χ1v) is 23.4. The van der Waals surface area contributed by atoms with Crippen LogP contribution in [0, 0.1) is 46.3 Å². The van der Waals surface area contributed by atoms with E-state index in [9.17, 15) is 9.59 Å². The highest BCUT2D eigenvalue weighted by atomic mass is 16.5. The van der Waals surface area contributed by atoms with E-state index in [0.29, 0.717) is 80.0 Å². The number of benzene rings is 2. The second-order valence-electron chi connectivity index (χ2n) is 19.5. The lowest BCUT2D eigenvalue weighted by molar-refractivity contribution is -0.227. The van der Waals surface area contributed by atoms with Crippen molar-refractivity contribution in [3.05, 3.63) is 42.0 Å². The van der Waals surface area contributed by atoms with Crippen LogP contribution in [0.3, 0.4) is 0 Å². The van der Waals surface area contributed by atoms with Gasteiger partial charge in [-0.2, -0.15) is 0 Å². The van der Waals surface area contributed by atoms with E-state index in [0.717, 1.165) is 87.5 Å². The van der Waals surface area contributed by atoms with E-state index < -0.39 is 0 Å². The lowest BCUT2D eigenvalue weighted by atomic mass is 9.43. The summed E-state index contributed by atoms with van der Waals surface area (Å²) in [5.41, 5.74) is 19.9. The average molecular weight is 818 g/mol. The molecular weight excluding hydrogens is 739 g/mol. The highest BCUT2D eigenvalue weighted by Crippen LogP contribution is 2.69. The second-order valence-corrected chi connectivity index (χ2v) is 19.5. The molecular formula is C49H79N5O5. The molecule has 4 aliphatic carbocycles. The number of nitrogens with two attached hydrogens (primary N) is 3. The second kappa shape index (κ2) is 21.0. The maximum atomic E-state index is 13.1. The third kappa shape index (κ3) is 10.4. The number of hydrogen-bond donors (Lipinski definition) is 4. The number of carbonyl (C=O) groups is 2. The molecule has 2 aromatic rings. The summed E-state index contributed by atoms with van der Waals surface area (Å²) < 4.78 is 20.4. The van der Waals surface area contributed by atoms with Crippen LogP contribution < -0.4 is 27.4 Å². The zero-order valence-corrected chi connectivity index (χ0v) is 37.2. The van der Waals surface area contributed by atoms with Gasteiger partial charge in [0.25, 0.3) is 0 Å². The third-order valence-corrected chi connectivity index (χ3v) is 15.9. The van der Waals surface area contributed by atoms with Gasteiger partial charge in [-0.15, -0.1) is 0 Å². The SMILES string of the molecule is C[C@H](CCCNC(=O)CCC(=O)c1ccc2cc(N(C)C)ccc2c1)[C@H]1CC[C@H]2[C@@H]3[C@H](OCCCN)C[C@@H]4C[C@H](OCCCN)CC[C@]4(C)[C@H]3C[C@H](OCCCN)[C@]12C. The molecule has 4 fully saturated rings. The van der Waals surface area contributed by atoms with Crippen molar-refractivity contribution < 1.29 is 23.8 Å². The Morgan fingerprint density at radius 3 is 2.24 bits per heavy atom. The molecule has 4 saturated carbocycles. The molecule has 0 spiro atoms. The first-order valence-electron chi connectivity index (χ1n) is 23.4. The molecule has 7 N–H and O–H groups in total. The summed E-state index contributed by atoms with van der Waals surface area (Å²) in [6, 6.07) is 12.1. The van der Waals surface area contributed by atoms with Crippen LogP contribution in [0.4, 0.5) is 5.69 Å². The fraction of sp³-hybridized carbons (Fsp3) is 0.755. The lowest BCUT2D eigenvalue weighted by Gasteiger charge is -2.65. The molecule has 0 heterocycles. The molecule has 6 rings (SSSR count). The predicted octanol–water partition coefficient (Wildman–Crippen LogP) is 7.48. The summed E-state index contributed by atoms with van der Waals surface area (Å²) in [5, 5.41) is 5.26. The standard InChI is InChI=1S/C49H79N5O5/c1-33(10-6-24-53-46(56)18-17-43(55)36-12-11-35-29-38(54(4)5)14-13-34(35)28-36)40-15-16-41-47-42(32-45(49(40,41)3)59-27-9-23-52)48(2)20-19-39(57-25-7-21-50)30-37(48)31-44(47)58-26-8-22-51/h11-14,28-29,33,37,39-42,44-45,47H,6-10,15-27,30-32,50-52H2,1-5H3,(H,53,56)/t33-,37+,39-,40-,41+,42+,44-,45+,47+,48+,49-/m1/s1. The van der Waals surface area contributed by atoms with Crippen molar-refractivity contribution in [3.63, 3.8) is 0 Å². The van der Waals surface area contributed by atoms with Gasteiger partial charge in [-0.3, -0.25) is 9.59 Å². The number of fused-ring (bicyclic) bond motifs is 6. The zero-order chi connectivity index (χ0) is 42.2. The van der Waals surface area contributed by atoms with E-state index in [1.54, 1.807) is 0 Å². The van der Waals surface area contributed by atoms with Gasteiger partial charge in [-0.05, 0) is 167 Å². The maximum absolute atomic E-state index is 13.1. The summed E-state index contributed by atoms with van der Waals surface area (Å²) in [4.78, 5) is 28.1. The van der Waals surface area contributed by atoms with Crippen LogP contribution in [-0.2, 0) is 19.0 Å². The van der Waals surface area contributed by atoms with Gasteiger partial charge in [0, 0.05) is 70.0 Å². The molecule has 4 aliphatic rings. The Kier molecular flexibility index (Phi) is 16.3. The van der Waals surface area contributed by atoms with Crippen molar-refractivity contribution in [1.82, 2.24) is 5.32 Å². The number of anilines is 1. The quantitative estimate of drug-likeness (QED) is 0.0700. The van der Waals surface area contributed by atoms with E-state index in [4.69, 9.17) is 31.4 Å². The lowest BCUT2D eigenvalue weighted by Crippen LogP contribution is -2.63. The molecule has 2 aromatic carbocycles. The van der Waals surface area contributed by atoms with Crippen molar-refractivity contribution in [2.24, 2.45) is 63.5 Å². The van der Waals surface area contributed by atoms with Gasteiger partial charge in [0.2, 0.25) is 5.91 Å². The molecule has 0 unspecified atom stereocenters. The minimum absolute atomic E-state index is 0.00358. The predicted molar refractivity (Wildman–Crippen MR) is 239 cm³/mol. The van der Waals surface area contributed by atoms with Crippen LogP contribution in [-0.4, -0.2) is 90.1 Å². The number of nitrogens with one attached hydrogen (secondary N) is 1. The molecule has 1 amide bonds. The van der Waals surface area contributed by atoms with E-state index in [1.165, 1.54) is 19.3 Å². The smallest absolute Gasteiger partial charge is 0.220 e. The number of amides is 1. The van der Waals surface area contributed by atoms with Crippen LogP contribution in [0.1, 0.15) is 121 Å². The molecule has 0 radical (unpaired) electrons. The number of hydrogen-bond acceptors (Lipinski definition) is 9. The van der Waals surface area contributed by atoms with Gasteiger partial charge in [-0.25, -0.2) is 0 Å². The van der Waals surface area contributed by atoms with Gasteiger partial charge in [-0.1, -0.05) is 39.0 Å². The van der Waals surface area contributed by atoms with Crippen LogP contribution in [0.5, 0.6) is 0 Å². The Balaban J connectivity index is 1.07. The molecule has 10 nitrogen and oxygen atoms in total. The summed E-state index contributed by atoms with van der Waals surface area (Å²) in [6.07, 6.45) is 13.8. The Morgan fingerprint density at radius 1 is 0.814 bits per heavy atom. The fourth-order valence-electron chi connectivity index (χ4n) is 12.6. The van der Waals surface area contributed by atoms with Crippen molar-refractivity contribution in [2.75, 3.05) is 65.0 Å². The number of nitrogens with zero attached hydrogens (tertiary/aromatic N) is 1. The van der Waals surface area contributed by atoms with Crippen molar-refractivity contribution >= 4 is 28.2 Å². The van der Waals surface area contributed by atoms with Gasteiger partial charge >= 0.3 is 0 Å². The monoisotopic (exact) mass is 818 g/mol. The number of rotatable bonds is 22. The van der Waals surface area contributed by atoms with Crippen LogP contribution >= 0.6 is 0 Å². The Labute approximate surface area is 355 Å². The van der Waals surface area contributed by atoms with E-state index in [-0.39, 0.29) is 47.6 Å². The summed E-state index contributed by atoms with van der Waals surface area (Å²) in [5.74, 6) is 3.13. The molecule has 0 aliphatic heterocycles. The number of ether oxygens (including phenoxy) is 3. The molecule has 0 bridgehead atoms. The van der Waals surface area contributed by atoms with Crippen molar-refractivity contribution in [1.29, 1.82) is 0 Å². The number of Topliss-reactive ketones (excluding diaryl/α,β-unsaturated/α-hetero) is 1. The molecule has 0 aromatic heterocycles. The minimum atomic E-state index is -0.0528. The summed E-state index contributed by atoms with van der Waals surface area (Å²) >= 11 is 0. The van der Waals surface area contributed by atoms with E-state index in [2.05, 4.69) is 49.2 Å². The topological polar surface area (TPSA) is 155 Å². The number of ketones is 1. The first kappa shape index (κ1) is 45.9. The highest BCUT2D eigenvalue weighted by Gasteiger charge is 2.66. The molecule has 10 heteroatoms. The van der Waals surface area contributed by atoms with Crippen LogP contribution in [0.25, 0.3) is 10.8 Å². The van der Waals surface area contributed by atoms with Gasteiger partial charge in [0.15, 0.2) is 5.78 Å². The first-order chi connectivity index (χ1) is 28.4. The Morgan fingerprint density at radius 2 is 1.51 bits per heavy atom. The largest absolute Gasteiger partial charge is 0.378 e. The van der Waals surface area contributed by atoms with E-state index >= 15 is 0 Å². The summed E-state index contributed by atoms with van der Waals surface area (Å²) in [7, 11) is 4.04. The maximum Gasteiger partial charge on any atom is 0.220 e. The van der Waals surface area contributed by atoms with Crippen LogP contribution in [0.15, 0.2) is 36.4 Å². The van der Waals surface area contributed by atoms with E-state index in [1.807, 2.05) is 32.3 Å². The minimum Gasteiger partial charge on any atom is -0.378 e. The Bertz CT molecular complexity index is 1670. The molecule has 0 saturated heterocycles. The van der Waals surface area contributed by atoms with Gasteiger partial charge < -0.3 is 41.6 Å². The van der Waals surface area contributed by atoms with Crippen molar-refractivity contribution in [3.8, 4) is 0 Å². The normalized spacial score (nSPS) is 31.9. The van der Waals surface area contributed by atoms with Crippen molar-refractivity contribution in [2.45, 2.75) is 129 Å². The summed E-state index contributed by atoms with van der Waals surface area (Å²) in [6.45, 7) is 12.4. The third-order valence-electron chi connectivity index (χ3n) is 15.9. The highest BCUT2D eigenvalue weighted by molar-refractivity contribution is 6.01. The van der Waals surface area contributed by atoms with Gasteiger partial charge in [0.1, 0.15) is 0 Å². The van der Waals surface area contributed by atoms with Gasteiger partial charge in [0.05, 0.1) is 18.3 Å². The fourth-order valence-corrected chi connectivity index (χ4v) is 12.6. The molecule has 11 atom stereocenters. The van der Waals surface area contributed by atoms with Crippen LogP contribution in [0.2, 0.25) is 0 Å². The molecule has 59 heavy (non-hydrogen) atoms. The Hall–Kier alpha value is -2.60. The number of carbonyl (C=O) groups excluding carboxylic acids is 2. The zero-order valence-electron chi connectivity index (χ0n) is 37.2. The molecule has 330 valence electrons. The average Bonchev–Trinajstić information content (AvgIpc) is 3.59.